The van der Waals surface area contributed by atoms with E-state index in [1.54, 1.807) is 35.3 Å². The second-order valence-electron chi connectivity index (χ2n) is 2.83. The molecule has 2 rings (SSSR count). The Labute approximate surface area is 91.2 Å². The minimum Gasteiger partial charge on any atom is -0.378 e. The summed E-state index contributed by atoms with van der Waals surface area (Å²) in [5.74, 6) is 0. The predicted octanol–water partition coefficient (Wildman–Crippen LogP) is 2.02. The quantitative estimate of drug-likeness (QED) is 0.852. The molecule has 2 heterocycles. The first-order chi connectivity index (χ1) is 7.40. The molecule has 2 aromatic rings. The Morgan fingerprint density at radius 1 is 1.53 bits per heavy atom. The van der Waals surface area contributed by atoms with Crippen LogP contribution in [0.3, 0.4) is 0 Å². The third kappa shape index (κ3) is 2.30. The van der Waals surface area contributed by atoms with Gasteiger partial charge in [0.05, 0.1) is 17.7 Å². The van der Waals surface area contributed by atoms with E-state index >= 15 is 0 Å². The van der Waals surface area contributed by atoms with Gasteiger partial charge in [0.1, 0.15) is 6.07 Å². The number of nitrogens with one attached hydrogen (secondary N) is 1. The summed E-state index contributed by atoms with van der Waals surface area (Å²) in [7, 11) is 0. The van der Waals surface area contributed by atoms with E-state index in [2.05, 4.69) is 15.3 Å². The van der Waals surface area contributed by atoms with Crippen molar-refractivity contribution in [2.75, 3.05) is 5.32 Å². The number of thiazole rings is 1. The van der Waals surface area contributed by atoms with Gasteiger partial charge in [-0.3, -0.25) is 4.98 Å². The molecule has 0 fully saturated rings. The molecule has 0 aliphatic heterocycles. The van der Waals surface area contributed by atoms with E-state index in [9.17, 15) is 0 Å². The number of pyridine rings is 1. The van der Waals surface area contributed by atoms with Gasteiger partial charge in [-0.25, -0.2) is 4.98 Å². The Kier molecular flexibility index (Phi) is 2.90. The third-order valence-corrected chi connectivity index (χ3v) is 2.63. The summed E-state index contributed by atoms with van der Waals surface area (Å²) in [4.78, 5) is 9.06. The molecule has 0 spiro atoms. The molecule has 0 radical (unpaired) electrons. The van der Waals surface area contributed by atoms with Crippen LogP contribution in [0.5, 0.6) is 0 Å². The van der Waals surface area contributed by atoms with E-state index in [1.807, 2.05) is 12.1 Å². The maximum atomic E-state index is 8.81. The van der Waals surface area contributed by atoms with Crippen LogP contribution in [0, 0.1) is 11.3 Å². The van der Waals surface area contributed by atoms with Gasteiger partial charge < -0.3 is 5.32 Å². The Morgan fingerprint density at radius 2 is 2.47 bits per heavy atom. The molecule has 1 N–H and O–H groups in total. The molecule has 15 heavy (non-hydrogen) atoms. The highest BCUT2D eigenvalue weighted by molar-refractivity contribution is 7.09. The van der Waals surface area contributed by atoms with Crippen molar-refractivity contribution in [2.45, 2.75) is 6.54 Å². The molecule has 0 aromatic carbocycles. The van der Waals surface area contributed by atoms with Gasteiger partial charge in [-0.2, -0.15) is 5.26 Å². The molecule has 4 nitrogen and oxygen atoms in total. The fourth-order valence-electron chi connectivity index (χ4n) is 1.15. The molecular formula is C10H8N4S. The van der Waals surface area contributed by atoms with Crippen molar-refractivity contribution in [2.24, 2.45) is 0 Å². The van der Waals surface area contributed by atoms with E-state index in [4.69, 9.17) is 5.26 Å². The molecule has 0 amide bonds. The average Bonchev–Trinajstić information content (AvgIpc) is 2.79. The summed E-state index contributed by atoms with van der Waals surface area (Å²) in [6.07, 6.45) is 3.41. The molecule has 0 bridgehead atoms. The van der Waals surface area contributed by atoms with Gasteiger partial charge in [0.25, 0.3) is 0 Å². The summed E-state index contributed by atoms with van der Waals surface area (Å²) < 4.78 is 0. The van der Waals surface area contributed by atoms with Crippen molar-refractivity contribution in [1.29, 1.82) is 5.26 Å². The van der Waals surface area contributed by atoms with Crippen LogP contribution in [0.2, 0.25) is 0 Å². The fourth-order valence-corrected chi connectivity index (χ4v) is 1.68. The minimum atomic E-state index is 0.419. The monoisotopic (exact) mass is 216 g/mol. The topological polar surface area (TPSA) is 61.6 Å². The number of nitrogens with zero attached hydrogens (tertiary/aromatic N) is 3. The van der Waals surface area contributed by atoms with E-state index in [1.165, 1.54) is 0 Å². The van der Waals surface area contributed by atoms with Gasteiger partial charge in [0, 0.05) is 17.3 Å². The fraction of sp³-hybridized carbons (Fsp3) is 0.100. The molecule has 0 aliphatic rings. The van der Waals surface area contributed by atoms with Crippen molar-refractivity contribution in [3.05, 3.63) is 40.6 Å². The van der Waals surface area contributed by atoms with Crippen molar-refractivity contribution in [3.8, 4) is 6.07 Å². The van der Waals surface area contributed by atoms with Crippen molar-refractivity contribution in [1.82, 2.24) is 9.97 Å². The number of aromatic nitrogens is 2. The summed E-state index contributed by atoms with van der Waals surface area (Å²) in [6.45, 7) is 0.672. The van der Waals surface area contributed by atoms with Gasteiger partial charge in [-0.1, -0.05) is 0 Å². The SMILES string of the molecule is N#Cc1ncccc1NCc1cncs1. The predicted molar refractivity (Wildman–Crippen MR) is 58.4 cm³/mol. The zero-order valence-electron chi connectivity index (χ0n) is 7.84. The molecule has 2 aromatic heterocycles. The Hall–Kier alpha value is -1.93. The van der Waals surface area contributed by atoms with Crippen molar-refractivity contribution >= 4 is 17.0 Å². The first kappa shape index (κ1) is 9.62. The van der Waals surface area contributed by atoms with Crippen LogP contribution in [0.4, 0.5) is 5.69 Å². The van der Waals surface area contributed by atoms with E-state index in [0.29, 0.717) is 12.2 Å². The zero-order chi connectivity index (χ0) is 10.5. The maximum Gasteiger partial charge on any atom is 0.163 e. The van der Waals surface area contributed by atoms with E-state index in [0.717, 1.165) is 10.6 Å². The van der Waals surface area contributed by atoms with Crippen molar-refractivity contribution < 1.29 is 0 Å². The molecular weight excluding hydrogens is 208 g/mol. The zero-order valence-corrected chi connectivity index (χ0v) is 8.66. The first-order valence-corrected chi connectivity index (χ1v) is 5.24. The van der Waals surface area contributed by atoms with Crippen LogP contribution < -0.4 is 5.32 Å². The Balaban J connectivity index is 2.08. The lowest BCUT2D eigenvalue weighted by Crippen LogP contribution is -2.00. The third-order valence-electron chi connectivity index (χ3n) is 1.85. The molecule has 0 atom stereocenters. The number of anilines is 1. The summed E-state index contributed by atoms with van der Waals surface area (Å²) >= 11 is 1.58. The van der Waals surface area contributed by atoms with Crippen LogP contribution in [-0.2, 0) is 6.54 Å². The van der Waals surface area contributed by atoms with Crippen molar-refractivity contribution in [3.63, 3.8) is 0 Å². The van der Waals surface area contributed by atoms with Gasteiger partial charge in [-0.05, 0) is 12.1 Å². The van der Waals surface area contributed by atoms with Crippen LogP contribution in [0.1, 0.15) is 10.6 Å². The Morgan fingerprint density at radius 3 is 3.20 bits per heavy atom. The lowest BCUT2D eigenvalue weighted by Gasteiger charge is -2.04. The molecule has 0 aliphatic carbocycles. The van der Waals surface area contributed by atoms with Crippen LogP contribution in [0.15, 0.2) is 30.0 Å². The molecule has 0 saturated carbocycles. The van der Waals surface area contributed by atoms with Crippen LogP contribution in [0.25, 0.3) is 0 Å². The maximum absolute atomic E-state index is 8.81. The summed E-state index contributed by atoms with van der Waals surface area (Å²) in [5.41, 5.74) is 2.96. The van der Waals surface area contributed by atoms with E-state index in [-0.39, 0.29) is 0 Å². The minimum absolute atomic E-state index is 0.419. The second-order valence-corrected chi connectivity index (χ2v) is 3.80. The lowest BCUT2D eigenvalue weighted by molar-refractivity contribution is 1.15. The lowest BCUT2D eigenvalue weighted by atomic mass is 10.3. The van der Waals surface area contributed by atoms with Crippen LogP contribution >= 0.6 is 11.3 Å². The molecule has 74 valence electrons. The van der Waals surface area contributed by atoms with Gasteiger partial charge >= 0.3 is 0 Å². The number of hydrogen-bond donors (Lipinski definition) is 1. The van der Waals surface area contributed by atoms with Gasteiger partial charge in [-0.15, -0.1) is 11.3 Å². The summed E-state index contributed by atoms with van der Waals surface area (Å²) in [6, 6.07) is 5.68. The number of rotatable bonds is 3. The number of hydrogen-bond acceptors (Lipinski definition) is 5. The molecule has 0 unspecified atom stereocenters. The van der Waals surface area contributed by atoms with Gasteiger partial charge in [0.15, 0.2) is 5.69 Å². The first-order valence-electron chi connectivity index (χ1n) is 4.36. The van der Waals surface area contributed by atoms with Crippen LogP contribution in [-0.4, -0.2) is 9.97 Å². The highest BCUT2D eigenvalue weighted by Crippen LogP contribution is 2.13. The summed E-state index contributed by atoms with van der Waals surface area (Å²) in [5, 5.41) is 12.0. The molecule has 0 saturated heterocycles. The number of nitriles is 1. The highest BCUT2D eigenvalue weighted by Gasteiger charge is 2.01. The second kappa shape index (κ2) is 4.53. The highest BCUT2D eigenvalue weighted by atomic mass is 32.1. The standard InChI is InChI=1S/C10H8N4S/c11-4-10-9(2-1-3-13-10)14-6-8-5-12-7-15-8/h1-3,5,7,14H,6H2. The van der Waals surface area contributed by atoms with Gasteiger partial charge in [0.2, 0.25) is 0 Å². The Bertz CT molecular complexity index is 472. The average molecular weight is 216 g/mol. The smallest absolute Gasteiger partial charge is 0.163 e. The largest absolute Gasteiger partial charge is 0.378 e. The normalized spacial score (nSPS) is 9.53. The molecule has 5 heteroatoms. The van der Waals surface area contributed by atoms with E-state index < -0.39 is 0 Å².